The van der Waals surface area contributed by atoms with Crippen molar-refractivity contribution in [3.05, 3.63) is 53.3 Å². The SMILES string of the molecule is CCOc1cncc(C(O)COc2cccc(Cl)c2)c1. The number of nitrogens with zero attached hydrogens (tertiary/aromatic N) is 1. The van der Waals surface area contributed by atoms with E-state index in [4.69, 9.17) is 21.1 Å². The minimum atomic E-state index is -0.776. The normalized spacial score (nSPS) is 11.9. The Bertz CT molecular complexity index is 562. The number of ether oxygens (including phenoxy) is 2. The smallest absolute Gasteiger partial charge is 0.137 e. The molecule has 0 bridgehead atoms. The van der Waals surface area contributed by atoms with Crippen LogP contribution in [0.15, 0.2) is 42.7 Å². The van der Waals surface area contributed by atoms with E-state index < -0.39 is 6.10 Å². The van der Waals surface area contributed by atoms with Gasteiger partial charge in [-0.1, -0.05) is 17.7 Å². The van der Waals surface area contributed by atoms with Gasteiger partial charge < -0.3 is 14.6 Å². The number of benzene rings is 1. The first-order valence-electron chi connectivity index (χ1n) is 6.33. The fraction of sp³-hybridized carbons (Fsp3) is 0.267. The molecule has 0 aliphatic carbocycles. The van der Waals surface area contributed by atoms with Crippen molar-refractivity contribution in [3.8, 4) is 11.5 Å². The van der Waals surface area contributed by atoms with Gasteiger partial charge in [0.05, 0.1) is 12.8 Å². The summed E-state index contributed by atoms with van der Waals surface area (Å²) in [5, 5.41) is 10.7. The van der Waals surface area contributed by atoms with Crippen molar-refractivity contribution in [2.75, 3.05) is 13.2 Å². The maximum Gasteiger partial charge on any atom is 0.137 e. The highest BCUT2D eigenvalue weighted by Gasteiger charge is 2.10. The lowest BCUT2D eigenvalue weighted by Gasteiger charge is -2.13. The molecule has 4 nitrogen and oxygen atoms in total. The molecule has 1 N–H and O–H groups in total. The minimum absolute atomic E-state index is 0.123. The highest BCUT2D eigenvalue weighted by molar-refractivity contribution is 6.30. The summed E-state index contributed by atoms with van der Waals surface area (Å²) >= 11 is 5.86. The van der Waals surface area contributed by atoms with Crippen molar-refractivity contribution in [3.63, 3.8) is 0 Å². The van der Waals surface area contributed by atoms with E-state index in [-0.39, 0.29) is 6.61 Å². The summed E-state index contributed by atoms with van der Waals surface area (Å²) in [5.41, 5.74) is 0.651. The quantitative estimate of drug-likeness (QED) is 0.888. The van der Waals surface area contributed by atoms with Crippen molar-refractivity contribution < 1.29 is 14.6 Å². The van der Waals surface area contributed by atoms with Gasteiger partial charge in [0.25, 0.3) is 0 Å². The molecule has 2 rings (SSSR count). The lowest BCUT2D eigenvalue weighted by atomic mass is 10.2. The first-order chi connectivity index (χ1) is 9.69. The third-order valence-electron chi connectivity index (χ3n) is 2.63. The van der Waals surface area contributed by atoms with Gasteiger partial charge in [-0.25, -0.2) is 0 Å². The van der Waals surface area contributed by atoms with Crippen LogP contribution in [0.3, 0.4) is 0 Å². The van der Waals surface area contributed by atoms with Crippen molar-refractivity contribution in [2.24, 2.45) is 0 Å². The molecular weight excluding hydrogens is 278 g/mol. The molecule has 106 valence electrons. The summed E-state index contributed by atoms with van der Waals surface area (Å²) in [6.45, 7) is 2.57. The molecule has 0 aliphatic rings. The molecule has 1 heterocycles. The summed E-state index contributed by atoms with van der Waals surface area (Å²) in [6.07, 6.45) is 2.42. The van der Waals surface area contributed by atoms with Crippen LogP contribution in [-0.4, -0.2) is 23.3 Å². The second-order valence-corrected chi connectivity index (χ2v) is 4.61. The molecule has 1 aromatic heterocycles. The van der Waals surface area contributed by atoms with Gasteiger partial charge in [0.1, 0.15) is 24.2 Å². The molecule has 2 aromatic rings. The van der Waals surface area contributed by atoms with Gasteiger partial charge in [0.15, 0.2) is 0 Å². The Morgan fingerprint density at radius 3 is 2.80 bits per heavy atom. The largest absolute Gasteiger partial charge is 0.492 e. The molecule has 1 aromatic carbocycles. The number of pyridine rings is 1. The highest BCUT2D eigenvalue weighted by atomic mass is 35.5. The number of aliphatic hydroxyl groups is 1. The van der Waals surface area contributed by atoms with Crippen LogP contribution >= 0.6 is 11.6 Å². The van der Waals surface area contributed by atoms with E-state index >= 15 is 0 Å². The third kappa shape index (κ3) is 4.11. The Labute approximate surface area is 122 Å². The van der Waals surface area contributed by atoms with Crippen LogP contribution < -0.4 is 9.47 Å². The molecule has 0 spiro atoms. The maximum atomic E-state index is 10.1. The predicted octanol–water partition coefficient (Wildman–Crippen LogP) is 3.25. The van der Waals surface area contributed by atoms with Crippen molar-refractivity contribution in [2.45, 2.75) is 13.0 Å². The molecule has 1 unspecified atom stereocenters. The molecule has 0 saturated carbocycles. The van der Waals surface area contributed by atoms with Crippen LogP contribution in [0.5, 0.6) is 11.5 Å². The fourth-order valence-electron chi connectivity index (χ4n) is 1.69. The van der Waals surface area contributed by atoms with E-state index in [1.54, 1.807) is 42.7 Å². The van der Waals surface area contributed by atoms with Gasteiger partial charge >= 0.3 is 0 Å². The van der Waals surface area contributed by atoms with Gasteiger partial charge in [0, 0.05) is 16.8 Å². The van der Waals surface area contributed by atoms with E-state index in [2.05, 4.69) is 4.98 Å². The monoisotopic (exact) mass is 293 g/mol. The molecule has 0 saturated heterocycles. The van der Waals surface area contributed by atoms with E-state index in [1.165, 1.54) is 0 Å². The van der Waals surface area contributed by atoms with Gasteiger partial charge in [-0.15, -0.1) is 0 Å². The second kappa shape index (κ2) is 7.12. The summed E-state index contributed by atoms with van der Waals surface area (Å²) in [7, 11) is 0. The van der Waals surface area contributed by atoms with Gasteiger partial charge in [0.2, 0.25) is 0 Å². The zero-order valence-electron chi connectivity index (χ0n) is 11.1. The number of hydrogen-bond donors (Lipinski definition) is 1. The lowest BCUT2D eigenvalue weighted by molar-refractivity contribution is 0.107. The van der Waals surface area contributed by atoms with Crippen LogP contribution in [0.2, 0.25) is 5.02 Å². The number of aromatic nitrogens is 1. The van der Waals surface area contributed by atoms with Crippen LogP contribution in [0.4, 0.5) is 0 Å². The topological polar surface area (TPSA) is 51.6 Å². The molecule has 0 aliphatic heterocycles. The second-order valence-electron chi connectivity index (χ2n) is 4.17. The molecule has 0 radical (unpaired) electrons. The van der Waals surface area contributed by atoms with Crippen LogP contribution in [0.25, 0.3) is 0 Å². The maximum absolute atomic E-state index is 10.1. The van der Waals surface area contributed by atoms with Crippen LogP contribution in [-0.2, 0) is 0 Å². The Balaban J connectivity index is 1.97. The van der Waals surface area contributed by atoms with Crippen molar-refractivity contribution in [1.82, 2.24) is 4.98 Å². The van der Waals surface area contributed by atoms with Crippen LogP contribution in [0.1, 0.15) is 18.6 Å². The Morgan fingerprint density at radius 2 is 2.05 bits per heavy atom. The Morgan fingerprint density at radius 1 is 1.20 bits per heavy atom. The molecule has 0 amide bonds. The lowest BCUT2D eigenvalue weighted by Crippen LogP contribution is -2.10. The van der Waals surface area contributed by atoms with Crippen LogP contribution in [0, 0.1) is 0 Å². The van der Waals surface area contributed by atoms with E-state index in [9.17, 15) is 5.11 Å². The molecule has 0 fully saturated rings. The Kier molecular flexibility index (Phi) is 5.21. The zero-order chi connectivity index (χ0) is 14.4. The molecule has 20 heavy (non-hydrogen) atoms. The first kappa shape index (κ1) is 14.6. The van der Waals surface area contributed by atoms with Crippen molar-refractivity contribution in [1.29, 1.82) is 0 Å². The minimum Gasteiger partial charge on any atom is -0.492 e. The van der Waals surface area contributed by atoms with Crippen molar-refractivity contribution >= 4 is 11.6 Å². The number of halogens is 1. The van der Waals surface area contributed by atoms with E-state index in [0.717, 1.165) is 0 Å². The standard InChI is InChI=1S/C15H16ClNO3/c1-2-19-14-6-11(8-17-9-14)15(18)10-20-13-5-3-4-12(16)7-13/h3-9,15,18H,2,10H2,1H3. The molecular formula is C15H16ClNO3. The Hall–Kier alpha value is -1.78. The zero-order valence-corrected chi connectivity index (χ0v) is 11.9. The summed E-state index contributed by atoms with van der Waals surface area (Å²) in [4.78, 5) is 4.03. The number of aliphatic hydroxyl groups excluding tert-OH is 1. The van der Waals surface area contributed by atoms with E-state index in [1.807, 2.05) is 6.92 Å². The predicted molar refractivity (Wildman–Crippen MR) is 77.3 cm³/mol. The van der Waals surface area contributed by atoms with Gasteiger partial charge in [-0.3, -0.25) is 4.98 Å². The van der Waals surface area contributed by atoms with Gasteiger partial charge in [-0.2, -0.15) is 0 Å². The average molecular weight is 294 g/mol. The highest BCUT2D eigenvalue weighted by Crippen LogP contribution is 2.21. The fourth-order valence-corrected chi connectivity index (χ4v) is 1.87. The van der Waals surface area contributed by atoms with Gasteiger partial charge in [-0.05, 0) is 31.2 Å². The molecule has 5 heteroatoms. The summed E-state index contributed by atoms with van der Waals surface area (Å²) < 4.78 is 10.8. The third-order valence-corrected chi connectivity index (χ3v) is 2.87. The number of hydrogen-bond acceptors (Lipinski definition) is 4. The number of rotatable bonds is 6. The molecule has 1 atom stereocenters. The summed E-state index contributed by atoms with van der Waals surface area (Å²) in [5.74, 6) is 1.25. The first-order valence-corrected chi connectivity index (χ1v) is 6.71. The van der Waals surface area contributed by atoms with E-state index in [0.29, 0.717) is 28.7 Å². The summed E-state index contributed by atoms with van der Waals surface area (Å²) in [6, 6.07) is 8.79. The average Bonchev–Trinajstić information content (AvgIpc) is 2.45.